The number of aromatic hydroxyl groups is 1. The zero-order chi connectivity index (χ0) is 22.8. The molecule has 170 valence electrons. The van der Waals surface area contributed by atoms with Gasteiger partial charge in [-0.1, -0.05) is 36.4 Å². The Labute approximate surface area is 193 Å². The zero-order valence-electron chi connectivity index (χ0n) is 18.6. The van der Waals surface area contributed by atoms with Gasteiger partial charge in [-0.25, -0.2) is 0 Å². The lowest BCUT2D eigenvalue weighted by molar-refractivity contribution is -0.137. The molecular formula is C26H28N4O3. The van der Waals surface area contributed by atoms with E-state index in [1.165, 1.54) is 5.56 Å². The molecule has 5 rings (SSSR count). The second-order valence-corrected chi connectivity index (χ2v) is 8.80. The van der Waals surface area contributed by atoms with E-state index in [1.54, 1.807) is 23.2 Å². The maximum atomic E-state index is 13.3. The molecule has 2 amide bonds. The molecule has 2 saturated heterocycles. The number of phenolic OH excluding ortho intramolecular Hbond substituents is 1. The molecule has 3 aromatic rings. The Morgan fingerprint density at radius 3 is 2.58 bits per heavy atom. The molecule has 2 fully saturated rings. The molecule has 0 radical (unpaired) electrons. The van der Waals surface area contributed by atoms with E-state index in [9.17, 15) is 14.7 Å². The van der Waals surface area contributed by atoms with Crippen LogP contribution in [0.5, 0.6) is 5.75 Å². The summed E-state index contributed by atoms with van der Waals surface area (Å²) in [6.07, 6.45) is 5.10. The third-order valence-corrected chi connectivity index (χ3v) is 6.74. The van der Waals surface area contributed by atoms with Crippen LogP contribution in [0.15, 0.2) is 60.9 Å². The van der Waals surface area contributed by atoms with Gasteiger partial charge in [-0.2, -0.15) is 0 Å². The van der Waals surface area contributed by atoms with Crippen LogP contribution in [-0.2, 0) is 11.3 Å². The minimum atomic E-state index is -0.465. The predicted octanol–water partition coefficient (Wildman–Crippen LogP) is 2.89. The fourth-order valence-corrected chi connectivity index (χ4v) is 4.94. The van der Waals surface area contributed by atoms with E-state index >= 15 is 0 Å². The lowest BCUT2D eigenvalue weighted by Gasteiger charge is -2.37. The highest BCUT2D eigenvalue weighted by molar-refractivity contribution is 6.05. The average Bonchev–Trinajstić information content (AvgIpc) is 3.35. The summed E-state index contributed by atoms with van der Waals surface area (Å²) in [6, 6.07) is 14.5. The van der Waals surface area contributed by atoms with Crippen LogP contribution >= 0.6 is 0 Å². The number of fused-ring (bicyclic) bond motifs is 1. The van der Waals surface area contributed by atoms with Gasteiger partial charge in [0.1, 0.15) is 11.8 Å². The molecule has 0 saturated carbocycles. The summed E-state index contributed by atoms with van der Waals surface area (Å²) in [7, 11) is 0. The fraction of sp³-hybridized carbons (Fsp3) is 0.346. The maximum absolute atomic E-state index is 13.3. The molecule has 1 aromatic heterocycles. The summed E-state index contributed by atoms with van der Waals surface area (Å²) in [5, 5.41) is 12.3. The van der Waals surface area contributed by atoms with Crippen molar-refractivity contribution in [1.29, 1.82) is 0 Å². The summed E-state index contributed by atoms with van der Waals surface area (Å²) >= 11 is 0. The molecule has 7 nitrogen and oxygen atoms in total. The Morgan fingerprint density at radius 1 is 0.970 bits per heavy atom. The van der Waals surface area contributed by atoms with Crippen LogP contribution in [-0.4, -0.2) is 75.4 Å². The number of nitrogens with zero attached hydrogens (tertiary/aromatic N) is 4. The molecule has 2 aromatic carbocycles. The Bertz CT molecular complexity index is 1160. The minimum Gasteiger partial charge on any atom is -0.506 e. The average molecular weight is 445 g/mol. The zero-order valence-corrected chi connectivity index (χ0v) is 18.6. The first kappa shape index (κ1) is 21.4. The van der Waals surface area contributed by atoms with Crippen LogP contribution in [0.3, 0.4) is 0 Å². The van der Waals surface area contributed by atoms with E-state index in [1.807, 2.05) is 41.4 Å². The first-order valence-corrected chi connectivity index (χ1v) is 11.5. The number of hydrogen-bond donors (Lipinski definition) is 1. The smallest absolute Gasteiger partial charge is 0.258 e. The van der Waals surface area contributed by atoms with Gasteiger partial charge < -0.3 is 14.9 Å². The van der Waals surface area contributed by atoms with Gasteiger partial charge in [0.25, 0.3) is 5.91 Å². The molecule has 1 unspecified atom stereocenters. The van der Waals surface area contributed by atoms with E-state index in [0.717, 1.165) is 31.4 Å². The number of benzene rings is 2. The molecule has 3 heterocycles. The number of pyridine rings is 1. The highest BCUT2D eigenvalue weighted by Gasteiger charge is 2.38. The number of likely N-dealkylation sites (tertiary alicyclic amines) is 1. The van der Waals surface area contributed by atoms with Gasteiger partial charge in [0.15, 0.2) is 0 Å². The standard InChI is InChI=1S/C26H28N4O3/c31-24-21-7-2-1-6-20(21)9-10-22(24)25(32)30-12-4-8-23(30)26(33)29-15-13-28(14-16-29)18-19-5-3-11-27-17-19/h1-3,5-7,9-11,17,23,31H,4,8,12-16,18H2. The van der Waals surface area contributed by atoms with Crippen molar-refractivity contribution in [3.05, 3.63) is 72.1 Å². The number of carbonyl (C=O) groups is 2. The summed E-state index contributed by atoms with van der Waals surface area (Å²) in [6.45, 7) is 4.25. The van der Waals surface area contributed by atoms with Gasteiger partial charge in [-0.15, -0.1) is 0 Å². The highest BCUT2D eigenvalue weighted by Crippen LogP contribution is 2.31. The van der Waals surface area contributed by atoms with Crippen LogP contribution in [0.2, 0.25) is 0 Å². The SMILES string of the molecule is O=C(C1CCCN1C(=O)c1ccc2ccccc2c1O)N1CCN(Cc2cccnc2)CC1. The molecule has 2 aliphatic heterocycles. The lowest BCUT2D eigenvalue weighted by atomic mass is 10.0. The largest absolute Gasteiger partial charge is 0.506 e. The molecule has 0 bridgehead atoms. The van der Waals surface area contributed by atoms with Gasteiger partial charge in [0.2, 0.25) is 5.91 Å². The second-order valence-electron chi connectivity index (χ2n) is 8.80. The van der Waals surface area contributed by atoms with Crippen LogP contribution in [0.4, 0.5) is 0 Å². The number of phenols is 1. The fourth-order valence-electron chi connectivity index (χ4n) is 4.94. The van der Waals surface area contributed by atoms with Crippen molar-refractivity contribution in [3.8, 4) is 5.75 Å². The maximum Gasteiger partial charge on any atom is 0.258 e. The van der Waals surface area contributed by atoms with E-state index in [2.05, 4.69) is 16.0 Å². The monoisotopic (exact) mass is 444 g/mol. The number of aromatic nitrogens is 1. The molecule has 0 aliphatic carbocycles. The molecule has 2 aliphatic rings. The number of hydrogen-bond acceptors (Lipinski definition) is 5. The van der Waals surface area contributed by atoms with Gasteiger partial charge >= 0.3 is 0 Å². The van der Waals surface area contributed by atoms with E-state index in [0.29, 0.717) is 31.4 Å². The normalized spacial score (nSPS) is 19.2. The van der Waals surface area contributed by atoms with Gasteiger partial charge in [-0.05, 0) is 35.9 Å². The van der Waals surface area contributed by atoms with Crippen LogP contribution in [0.1, 0.15) is 28.8 Å². The molecule has 7 heteroatoms. The van der Waals surface area contributed by atoms with Gasteiger partial charge in [-0.3, -0.25) is 19.5 Å². The molecule has 0 spiro atoms. The Kier molecular flexibility index (Phi) is 5.96. The predicted molar refractivity (Wildman–Crippen MR) is 126 cm³/mol. The van der Waals surface area contributed by atoms with Crippen molar-refractivity contribution in [3.63, 3.8) is 0 Å². The Hall–Kier alpha value is -3.45. The van der Waals surface area contributed by atoms with Crippen LogP contribution in [0, 0.1) is 0 Å². The quantitative estimate of drug-likeness (QED) is 0.670. The van der Waals surface area contributed by atoms with E-state index in [-0.39, 0.29) is 23.1 Å². The number of amides is 2. The van der Waals surface area contributed by atoms with Crippen molar-refractivity contribution >= 4 is 22.6 Å². The topological polar surface area (TPSA) is 77.0 Å². The molecule has 1 N–H and O–H groups in total. The summed E-state index contributed by atoms with van der Waals surface area (Å²) in [5.74, 6) is -0.272. The number of piperazine rings is 1. The van der Waals surface area contributed by atoms with Crippen molar-refractivity contribution < 1.29 is 14.7 Å². The van der Waals surface area contributed by atoms with Crippen molar-refractivity contribution in [1.82, 2.24) is 19.7 Å². The summed E-state index contributed by atoms with van der Waals surface area (Å²) in [4.78, 5) is 36.7. The lowest BCUT2D eigenvalue weighted by Crippen LogP contribution is -2.54. The van der Waals surface area contributed by atoms with Crippen LogP contribution < -0.4 is 0 Å². The second kappa shape index (κ2) is 9.19. The van der Waals surface area contributed by atoms with Crippen LogP contribution in [0.25, 0.3) is 10.8 Å². The first-order valence-electron chi connectivity index (χ1n) is 11.5. The Morgan fingerprint density at radius 2 is 1.79 bits per heavy atom. The first-order chi connectivity index (χ1) is 16.1. The highest BCUT2D eigenvalue weighted by atomic mass is 16.3. The van der Waals surface area contributed by atoms with Crippen molar-refractivity contribution in [2.24, 2.45) is 0 Å². The minimum absolute atomic E-state index is 0.0137. The molecule has 1 atom stereocenters. The van der Waals surface area contributed by atoms with Gasteiger partial charge in [0, 0.05) is 57.0 Å². The number of carbonyl (C=O) groups excluding carboxylic acids is 2. The van der Waals surface area contributed by atoms with Gasteiger partial charge in [0.05, 0.1) is 5.56 Å². The third-order valence-electron chi connectivity index (χ3n) is 6.74. The third kappa shape index (κ3) is 4.28. The molecular weight excluding hydrogens is 416 g/mol. The van der Waals surface area contributed by atoms with Crippen molar-refractivity contribution in [2.45, 2.75) is 25.4 Å². The van der Waals surface area contributed by atoms with E-state index < -0.39 is 6.04 Å². The summed E-state index contributed by atoms with van der Waals surface area (Å²) < 4.78 is 0. The summed E-state index contributed by atoms with van der Waals surface area (Å²) in [5.41, 5.74) is 1.43. The van der Waals surface area contributed by atoms with Crippen molar-refractivity contribution in [2.75, 3.05) is 32.7 Å². The Balaban J connectivity index is 1.26. The van der Waals surface area contributed by atoms with E-state index in [4.69, 9.17) is 0 Å². The molecule has 33 heavy (non-hydrogen) atoms. The number of rotatable bonds is 4.